The van der Waals surface area contributed by atoms with Gasteiger partial charge in [-0.3, -0.25) is 4.79 Å². The van der Waals surface area contributed by atoms with E-state index < -0.39 is 23.8 Å². The number of benzene rings is 1. The molecule has 2 unspecified atom stereocenters. The van der Waals surface area contributed by atoms with Gasteiger partial charge in [-0.1, -0.05) is 19.9 Å². The Labute approximate surface area is 134 Å². The monoisotopic (exact) mass is 331 g/mol. The van der Waals surface area contributed by atoms with Gasteiger partial charge in [0.05, 0.1) is 17.9 Å². The van der Waals surface area contributed by atoms with E-state index >= 15 is 0 Å². The Kier molecular flexibility index (Phi) is 7.82. The van der Waals surface area contributed by atoms with Gasteiger partial charge in [0.2, 0.25) is 5.91 Å². The van der Waals surface area contributed by atoms with Crippen LogP contribution in [0.1, 0.15) is 38.9 Å². The summed E-state index contributed by atoms with van der Waals surface area (Å²) < 4.78 is 26.0. The fourth-order valence-corrected chi connectivity index (χ4v) is 2.89. The number of hydrogen-bond acceptors (Lipinski definition) is 3. The Morgan fingerprint density at radius 1 is 1.27 bits per heavy atom. The molecule has 0 aliphatic rings. The standard InChI is InChI=1S/C16H23F2NO2S/c1-10(2)6-7-22-9-15(20)19-11(3)16(21)12-4-5-13(17)14(18)8-12/h4-5,8,10-11,16,21H,6-7,9H2,1-3H3,(H,19,20). The predicted octanol–water partition coefficient (Wildman–Crippen LogP) is 3.28. The topological polar surface area (TPSA) is 49.3 Å². The van der Waals surface area contributed by atoms with E-state index in [0.717, 1.165) is 24.3 Å². The second-order valence-electron chi connectivity index (χ2n) is 5.71. The highest BCUT2D eigenvalue weighted by molar-refractivity contribution is 7.99. The molecular weight excluding hydrogens is 308 g/mol. The Morgan fingerprint density at radius 3 is 2.55 bits per heavy atom. The summed E-state index contributed by atoms with van der Waals surface area (Å²) in [5.41, 5.74) is 0.235. The van der Waals surface area contributed by atoms with Crippen LogP contribution >= 0.6 is 11.8 Å². The molecule has 3 nitrogen and oxygen atoms in total. The zero-order chi connectivity index (χ0) is 16.7. The SMILES string of the molecule is CC(C)CCSCC(=O)NC(C)C(O)c1ccc(F)c(F)c1. The number of hydrogen-bond donors (Lipinski definition) is 2. The van der Waals surface area contributed by atoms with Gasteiger partial charge < -0.3 is 10.4 Å². The van der Waals surface area contributed by atoms with Crippen molar-refractivity contribution < 1.29 is 18.7 Å². The van der Waals surface area contributed by atoms with E-state index in [1.165, 1.54) is 6.07 Å². The van der Waals surface area contributed by atoms with Crippen molar-refractivity contribution in [2.45, 2.75) is 39.3 Å². The Hall–Kier alpha value is -1.14. The highest BCUT2D eigenvalue weighted by Crippen LogP contribution is 2.19. The number of thioether (sulfide) groups is 1. The van der Waals surface area contributed by atoms with Crippen LogP contribution in [-0.2, 0) is 4.79 Å². The van der Waals surface area contributed by atoms with Crippen molar-refractivity contribution in [2.24, 2.45) is 5.92 Å². The zero-order valence-corrected chi connectivity index (χ0v) is 13.9. The van der Waals surface area contributed by atoms with Crippen LogP contribution in [0, 0.1) is 17.6 Å². The van der Waals surface area contributed by atoms with Crippen LogP contribution in [0.3, 0.4) is 0 Å². The van der Waals surface area contributed by atoms with E-state index in [4.69, 9.17) is 0 Å². The molecule has 0 aromatic heterocycles. The van der Waals surface area contributed by atoms with Gasteiger partial charge in [0.25, 0.3) is 0 Å². The molecule has 2 N–H and O–H groups in total. The molecule has 0 saturated carbocycles. The predicted molar refractivity (Wildman–Crippen MR) is 85.7 cm³/mol. The Bertz CT molecular complexity index is 497. The number of aliphatic hydroxyl groups is 1. The number of halogens is 2. The summed E-state index contributed by atoms with van der Waals surface area (Å²) in [6.07, 6.45) is -0.0370. The maximum atomic E-state index is 13.2. The van der Waals surface area contributed by atoms with Crippen LogP contribution in [0.25, 0.3) is 0 Å². The maximum absolute atomic E-state index is 13.2. The molecule has 22 heavy (non-hydrogen) atoms. The Morgan fingerprint density at radius 2 is 1.95 bits per heavy atom. The lowest BCUT2D eigenvalue weighted by molar-refractivity contribution is -0.119. The lowest BCUT2D eigenvalue weighted by Gasteiger charge is -2.20. The molecule has 0 aliphatic carbocycles. The van der Waals surface area contributed by atoms with Crippen molar-refractivity contribution in [2.75, 3.05) is 11.5 Å². The molecule has 0 radical (unpaired) electrons. The third-order valence-corrected chi connectivity index (χ3v) is 4.21. The summed E-state index contributed by atoms with van der Waals surface area (Å²) in [6, 6.07) is 2.64. The fraction of sp³-hybridized carbons (Fsp3) is 0.562. The van der Waals surface area contributed by atoms with E-state index in [-0.39, 0.29) is 11.5 Å². The molecular formula is C16H23F2NO2S. The van der Waals surface area contributed by atoms with Crippen LogP contribution in [-0.4, -0.2) is 28.6 Å². The minimum atomic E-state index is -1.08. The summed E-state index contributed by atoms with van der Waals surface area (Å²) in [5.74, 6) is -0.326. The van der Waals surface area contributed by atoms with Crippen LogP contribution in [0.15, 0.2) is 18.2 Å². The van der Waals surface area contributed by atoms with Crippen LogP contribution in [0.5, 0.6) is 0 Å². The minimum absolute atomic E-state index is 0.178. The van der Waals surface area contributed by atoms with Crippen molar-refractivity contribution in [3.8, 4) is 0 Å². The van der Waals surface area contributed by atoms with Gasteiger partial charge in [-0.2, -0.15) is 11.8 Å². The molecule has 0 saturated heterocycles. The first-order valence-corrected chi connectivity index (χ1v) is 8.46. The fourth-order valence-electron chi connectivity index (χ4n) is 1.84. The first-order valence-electron chi connectivity index (χ1n) is 7.31. The number of carbonyl (C=O) groups is 1. The number of amides is 1. The van der Waals surface area contributed by atoms with Crippen molar-refractivity contribution in [1.29, 1.82) is 0 Å². The van der Waals surface area contributed by atoms with E-state index in [0.29, 0.717) is 11.7 Å². The molecule has 6 heteroatoms. The van der Waals surface area contributed by atoms with E-state index in [2.05, 4.69) is 19.2 Å². The molecule has 2 atom stereocenters. The average Bonchev–Trinajstić information content (AvgIpc) is 2.45. The summed E-state index contributed by atoms with van der Waals surface area (Å²) in [4.78, 5) is 11.8. The number of rotatable bonds is 8. The lowest BCUT2D eigenvalue weighted by Crippen LogP contribution is -2.38. The molecule has 0 spiro atoms. The van der Waals surface area contributed by atoms with Gasteiger partial charge in [-0.15, -0.1) is 0 Å². The largest absolute Gasteiger partial charge is 0.386 e. The quantitative estimate of drug-likeness (QED) is 0.719. The van der Waals surface area contributed by atoms with E-state index in [1.54, 1.807) is 18.7 Å². The van der Waals surface area contributed by atoms with Gasteiger partial charge in [-0.25, -0.2) is 8.78 Å². The van der Waals surface area contributed by atoms with Gasteiger partial charge >= 0.3 is 0 Å². The molecule has 1 amide bonds. The third kappa shape index (κ3) is 6.32. The summed E-state index contributed by atoms with van der Waals surface area (Å²) in [7, 11) is 0. The van der Waals surface area contributed by atoms with Gasteiger partial charge in [-0.05, 0) is 42.7 Å². The molecule has 0 fully saturated rings. The van der Waals surface area contributed by atoms with Gasteiger partial charge in [0, 0.05) is 0 Å². The maximum Gasteiger partial charge on any atom is 0.230 e. The Balaban J connectivity index is 2.44. The molecule has 1 aromatic rings. The van der Waals surface area contributed by atoms with E-state index in [1.807, 2.05) is 0 Å². The molecule has 1 aromatic carbocycles. The first kappa shape index (κ1) is 18.9. The number of carbonyl (C=O) groups excluding carboxylic acids is 1. The second kappa shape index (κ2) is 9.10. The van der Waals surface area contributed by atoms with Crippen LogP contribution < -0.4 is 5.32 Å². The molecule has 124 valence electrons. The summed E-state index contributed by atoms with van der Waals surface area (Å²) >= 11 is 1.54. The first-order chi connectivity index (χ1) is 10.3. The smallest absolute Gasteiger partial charge is 0.230 e. The molecule has 0 aliphatic heterocycles. The second-order valence-corrected chi connectivity index (χ2v) is 6.81. The normalized spacial score (nSPS) is 14.0. The summed E-state index contributed by atoms with van der Waals surface area (Å²) in [6.45, 7) is 5.88. The zero-order valence-electron chi connectivity index (χ0n) is 13.1. The minimum Gasteiger partial charge on any atom is -0.386 e. The van der Waals surface area contributed by atoms with E-state index in [9.17, 15) is 18.7 Å². The van der Waals surface area contributed by atoms with Crippen molar-refractivity contribution >= 4 is 17.7 Å². The third-order valence-electron chi connectivity index (χ3n) is 3.22. The highest BCUT2D eigenvalue weighted by Gasteiger charge is 2.19. The lowest BCUT2D eigenvalue weighted by atomic mass is 10.0. The average molecular weight is 331 g/mol. The molecule has 1 rings (SSSR count). The summed E-state index contributed by atoms with van der Waals surface area (Å²) in [5, 5.41) is 12.8. The van der Waals surface area contributed by atoms with Crippen molar-refractivity contribution in [1.82, 2.24) is 5.32 Å². The van der Waals surface area contributed by atoms with Crippen molar-refractivity contribution in [3.05, 3.63) is 35.4 Å². The number of aliphatic hydroxyl groups excluding tert-OH is 1. The van der Waals surface area contributed by atoms with Crippen LogP contribution in [0.4, 0.5) is 8.78 Å². The number of nitrogens with one attached hydrogen (secondary N) is 1. The molecule has 0 heterocycles. The van der Waals surface area contributed by atoms with Gasteiger partial charge in [0.1, 0.15) is 0 Å². The van der Waals surface area contributed by atoms with Gasteiger partial charge in [0.15, 0.2) is 11.6 Å². The van der Waals surface area contributed by atoms with Crippen LogP contribution in [0.2, 0.25) is 0 Å². The molecule has 0 bridgehead atoms. The highest BCUT2D eigenvalue weighted by atomic mass is 32.2. The van der Waals surface area contributed by atoms with Crippen molar-refractivity contribution in [3.63, 3.8) is 0 Å².